The Hall–Kier alpha value is -2.74. The standard InChI is InChI=1S/C17H15BrN4O3/c1-3-13-16(21-9-10(2)4-7-15(21)19-13)17(23)20-14-8-11(22(24)25)5-6-12(14)18/h4-9H,3H2,1-2H3,(H,20,23). The first-order valence-corrected chi connectivity index (χ1v) is 8.43. The molecule has 128 valence electrons. The van der Waals surface area contributed by atoms with Crippen LogP contribution >= 0.6 is 15.9 Å². The van der Waals surface area contributed by atoms with Crippen molar-refractivity contribution in [3.05, 3.63) is 68.1 Å². The van der Waals surface area contributed by atoms with E-state index in [9.17, 15) is 14.9 Å². The SMILES string of the molecule is CCc1nc2ccc(C)cn2c1C(=O)Nc1cc([N+](=O)[O-])ccc1Br. The van der Waals surface area contributed by atoms with Gasteiger partial charge in [-0.15, -0.1) is 0 Å². The largest absolute Gasteiger partial charge is 0.319 e. The zero-order valence-electron chi connectivity index (χ0n) is 13.6. The first kappa shape index (κ1) is 17.1. The first-order chi connectivity index (χ1) is 11.9. The summed E-state index contributed by atoms with van der Waals surface area (Å²) in [6, 6.07) is 8.01. The highest BCUT2D eigenvalue weighted by molar-refractivity contribution is 9.10. The molecule has 0 spiro atoms. The summed E-state index contributed by atoms with van der Waals surface area (Å²) in [7, 11) is 0. The van der Waals surface area contributed by atoms with Crippen LogP contribution in [0.2, 0.25) is 0 Å². The molecule has 0 aliphatic carbocycles. The molecule has 0 atom stereocenters. The summed E-state index contributed by atoms with van der Waals surface area (Å²) in [6.07, 6.45) is 2.44. The number of fused-ring (bicyclic) bond motifs is 1. The van der Waals surface area contributed by atoms with Gasteiger partial charge in [0.1, 0.15) is 11.3 Å². The summed E-state index contributed by atoms with van der Waals surface area (Å²) in [5.74, 6) is -0.365. The van der Waals surface area contributed by atoms with Crippen LogP contribution in [0, 0.1) is 17.0 Å². The summed E-state index contributed by atoms with van der Waals surface area (Å²) in [5, 5.41) is 13.7. The lowest BCUT2D eigenvalue weighted by atomic mass is 10.2. The van der Waals surface area contributed by atoms with Gasteiger partial charge in [0, 0.05) is 22.8 Å². The molecule has 1 N–H and O–H groups in total. The van der Waals surface area contributed by atoms with Crippen LogP contribution in [0.5, 0.6) is 0 Å². The second kappa shape index (κ2) is 6.64. The van der Waals surface area contributed by atoms with Crippen LogP contribution in [-0.2, 0) is 6.42 Å². The lowest BCUT2D eigenvalue weighted by molar-refractivity contribution is -0.384. The summed E-state index contributed by atoms with van der Waals surface area (Å²) < 4.78 is 2.31. The Labute approximate surface area is 152 Å². The maximum Gasteiger partial charge on any atom is 0.274 e. The Morgan fingerprint density at radius 2 is 2.12 bits per heavy atom. The molecule has 0 saturated carbocycles. The fraction of sp³-hybridized carbons (Fsp3) is 0.176. The molecule has 3 aromatic rings. The van der Waals surface area contributed by atoms with E-state index in [1.54, 1.807) is 4.40 Å². The number of benzene rings is 1. The minimum absolute atomic E-state index is 0.0943. The molecule has 2 heterocycles. The van der Waals surface area contributed by atoms with Crippen LogP contribution in [0.25, 0.3) is 5.65 Å². The van der Waals surface area contributed by atoms with Gasteiger partial charge < -0.3 is 5.32 Å². The third-order valence-electron chi connectivity index (χ3n) is 3.80. The Kier molecular flexibility index (Phi) is 4.54. The van der Waals surface area contributed by atoms with Crippen molar-refractivity contribution in [2.45, 2.75) is 20.3 Å². The van der Waals surface area contributed by atoms with E-state index in [1.165, 1.54) is 18.2 Å². The summed E-state index contributed by atoms with van der Waals surface area (Å²) in [5.41, 5.74) is 3.03. The van der Waals surface area contributed by atoms with E-state index in [4.69, 9.17) is 0 Å². The highest BCUT2D eigenvalue weighted by atomic mass is 79.9. The van der Waals surface area contributed by atoms with Gasteiger partial charge in [-0.3, -0.25) is 19.3 Å². The highest BCUT2D eigenvalue weighted by Gasteiger charge is 2.20. The molecule has 0 saturated heterocycles. The van der Waals surface area contributed by atoms with Crippen LogP contribution in [0.15, 0.2) is 41.0 Å². The number of nitro groups is 1. The van der Waals surface area contributed by atoms with Gasteiger partial charge in [-0.2, -0.15) is 0 Å². The van der Waals surface area contributed by atoms with E-state index in [1.807, 2.05) is 32.2 Å². The number of hydrogen-bond donors (Lipinski definition) is 1. The number of carbonyl (C=O) groups excluding carboxylic acids is 1. The zero-order chi connectivity index (χ0) is 18.1. The minimum Gasteiger partial charge on any atom is -0.319 e. The number of rotatable bonds is 4. The Morgan fingerprint density at radius 1 is 1.36 bits per heavy atom. The monoisotopic (exact) mass is 402 g/mol. The molecule has 1 amide bonds. The van der Waals surface area contributed by atoms with Gasteiger partial charge in [0.2, 0.25) is 0 Å². The van der Waals surface area contributed by atoms with Gasteiger partial charge in [0.15, 0.2) is 0 Å². The predicted molar refractivity (Wildman–Crippen MR) is 98.1 cm³/mol. The molecule has 0 radical (unpaired) electrons. The molecule has 8 heteroatoms. The smallest absolute Gasteiger partial charge is 0.274 e. The predicted octanol–water partition coefficient (Wildman–Crippen LogP) is 4.13. The molecule has 3 rings (SSSR count). The number of nitrogens with zero attached hydrogens (tertiary/aromatic N) is 3. The number of imidazole rings is 1. The molecule has 0 aliphatic rings. The zero-order valence-corrected chi connectivity index (χ0v) is 15.2. The van der Waals surface area contributed by atoms with E-state index in [-0.39, 0.29) is 11.6 Å². The average molecular weight is 403 g/mol. The van der Waals surface area contributed by atoms with Crippen molar-refractivity contribution in [3.8, 4) is 0 Å². The van der Waals surface area contributed by atoms with Crippen LogP contribution in [-0.4, -0.2) is 20.2 Å². The number of carbonyl (C=O) groups is 1. The number of aryl methyl sites for hydroxylation is 2. The number of anilines is 1. The molecule has 7 nitrogen and oxygen atoms in total. The maximum absolute atomic E-state index is 12.9. The second-order valence-corrected chi connectivity index (χ2v) is 6.43. The van der Waals surface area contributed by atoms with Crippen molar-refractivity contribution in [1.82, 2.24) is 9.38 Å². The van der Waals surface area contributed by atoms with E-state index in [0.717, 1.165) is 5.56 Å². The molecule has 0 unspecified atom stereocenters. The van der Waals surface area contributed by atoms with Gasteiger partial charge >= 0.3 is 0 Å². The number of amides is 1. The van der Waals surface area contributed by atoms with Gasteiger partial charge in [0.25, 0.3) is 11.6 Å². The molecule has 25 heavy (non-hydrogen) atoms. The fourth-order valence-corrected chi connectivity index (χ4v) is 2.94. The molecular weight excluding hydrogens is 388 g/mol. The molecule has 2 aromatic heterocycles. The number of nitro benzene ring substituents is 1. The van der Waals surface area contributed by atoms with Gasteiger partial charge in [0.05, 0.1) is 16.3 Å². The molecule has 0 bridgehead atoms. The van der Waals surface area contributed by atoms with Gasteiger partial charge in [-0.05, 0) is 47.0 Å². The Morgan fingerprint density at radius 3 is 2.80 bits per heavy atom. The number of non-ortho nitro benzene ring substituents is 1. The van der Waals surface area contributed by atoms with Crippen LogP contribution < -0.4 is 5.32 Å². The van der Waals surface area contributed by atoms with Crippen molar-refractivity contribution in [2.24, 2.45) is 0 Å². The van der Waals surface area contributed by atoms with E-state index >= 15 is 0 Å². The lowest BCUT2D eigenvalue weighted by Crippen LogP contribution is -2.16. The third kappa shape index (κ3) is 3.25. The number of halogens is 1. The van der Waals surface area contributed by atoms with Crippen LogP contribution in [0.1, 0.15) is 28.7 Å². The maximum atomic E-state index is 12.9. The summed E-state index contributed by atoms with van der Waals surface area (Å²) in [6.45, 7) is 3.86. The first-order valence-electron chi connectivity index (χ1n) is 7.63. The van der Waals surface area contributed by atoms with Crippen LogP contribution in [0.4, 0.5) is 11.4 Å². The van der Waals surface area contributed by atoms with Crippen molar-refractivity contribution in [3.63, 3.8) is 0 Å². The van der Waals surface area contributed by atoms with E-state index in [2.05, 4.69) is 26.2 Å². The van der Waals surface area contributed by atoms with Crippen molar-refractivity contribution < 1.29 is 9.72 Å². The van der Waals surface area contributed by atoms with E-state index < -0.39 is 4.92 Å². The average Bonchev–Trinajstić information content (AvgIpc) is 2.94. The molecule has 0 aliphatic heterocycles. The number of aromatic nitrogens is 2. The fourth-order valence-electron chi connectivity index (χ4n) is 2.59. The lowest BCUT2D eigenvalue weighted by Gasteiger charge is -2.09. The van der Waals surface area contributed by atoms with E-state index in [0.29, 0.717) is 33.6 Å². The summed E-state index contributed by atoms with van der Waals surface area (Å²) >= 11 is 3.31. The normalized spacial score (nSPS) is 10.8. The van der Waals surface area contributed by atoms with Crippen molar-refractivity contribution >= 4 is 38.9 Å². The molecule has 1 aromatic carbocycles. The number of pyridine rings is 1. The minimum atomic E-state index is -0.503. The van der Waals surface area contributed by atoms with Crippen molar-refractivity contribution in [2.75, 3.05) is 5.32 Å². The third-order valence-corrected chi connectivity index (χ3v) is 4.49. The highest BCUT2D eigenvalue weighted by Crippen LogP contribution is 2.28. The summed E-state index contributed by atoms with van der Waals surface area (Å²) in [4.78, 5) is 27.8. The number of hydrogen-bond acceptors (Lipinski definition) is 4. The number of nitrogens with one attached hydrogen (secondary N) is 1. The Bertz CT molecular complexity index is 997. The second-order valence-electron chi connectivity index (χ2n) is 5.57. The molecular formula is C17H15BrN4O3. The van der Waals surface area contributed by atoms with Gasteiger partial charge in [-0.25, -0.2) is 4.98 Å². The van der Waals surface area contributed by atoms with Crippen molar-refractivity contribution in [1.29, 1.82) is 0 Å². The molecule has 0 fully saturated rings. The topological polar surface area (TPSA) is 89.5 Å². The Balaban J connectivity index is 2.05. The van der Waals surface area contributed by atoms with Crippen LogP contribution in [0.3, 0.4) is 0 Å². The quantitative estimate of drug-likeness (QED) is 0.524. The van der Waals surface area contributed by atoms with Gasteiger partial charge in [-0.1, -0.05) is 13.0 Å².